The maximum absolute atomic E-state index is 5.74. The number of hydrogen-bond acceptors (Lipinski definition) is 3. The minimum atomic E-state index is 0.499. The molecule has 104 valence electrons. The highest BCUT2D eigenvalue weighted by Gasteiger charge is 2.20. The van der Waals surface area contributed by atoms with E-state index in [1.165, 1.54) is 12.8 Å². The predicted octanol–water partition coefficient (Wildman–Crippen LogP) is 3.68. The molecule has 1 N–H and O–H groups in total. The quantitative estimate of drug-likeness (QED) is 0.876. The summed E-state index contributed by atoms with van der Waals surface area (Å²) < 4.78 is 6.79. The second kappa shape index (κ2) is 6.37. The van der Waals surface area contributed by atoms with Crippen molar-refractivity contribution in [1.82, 2.24) is 10.3 Å². The van der Waals surface area contributed by atoms with Gasteiger partial charge in [0.1, 0.15) is 12.4 Å². The van der Waals surface area contributed by atoms with Crippen LogP contribution in [0, 0.1) is 0 Å². The summed E-state index contributed by atoms with van der Waals surface area (Å²) in [5, 5.41) is 3.47. The fraction of sp³-hybridized carbons (Fsp3) is 0.312. The van der Waals surface area contributed by atoms with Crippen molar-refractivity contribution in [3.05, 3.63) is 58.3 Å². The standard InChI is InChI=1S/C16H17BrN2O/c17-12-4-8-16(9-5-12)20-11-15-3-1-2-14(19-15)10-18-13-6-7-13/h1-5,8-9,13,18H,6-7,10-11H2. The van der Waals surface area contributed by atoms with Crippen LogP contribution in [-0.2, 0) is 13.2 Å². The molecule has 0 unspecified atom stereocenters. The zero-order chi connectivity index (χ0) is 13.8. The highest BCUT2D eigenvalue weighted by Crippen LogP contribution is 2.19. The first-order valence-corrected chi connectivity index (χ1v) is 7.65. The van der Waals surface area contributed by atoms with E-state index in [2.05, 4.69) is 32.3 Å². The van der Waals surface area contributed by atoms with Gasteiger partial charge in [0.2, 0.25) is 0 Å². The molecule has 4 heteroatoms. The molecule has 0 radical (unpaired) electrons. The molecule has 0 saturated heterocycles. The smallest absolute Gasteiger partial charge is 0.130 e. The van der Waals surface area contributed by atoms with Crippen LogP contribution in [0.1, 0.15) is 24.2 Å². The van der Waals surface area contributed by atoms with Crippen LogP contribution >= 0.6 is 15.9 Å². The van der Waals surface area contributed by atoms with Crippen LogP contribution in [0.3, 0.4) is 0 Å². The van der Waals surface area contributed by atoms with Crippen LogP contribution in [0.15, 0.2) is 46.9 Å². The van der Waals surface area contributed by atoms with Gasteiger partial charge in [-0.15, -0.1) is 0 Å². The number of nitrogens with zero attached hydrogens (tertiary/aromatic N) is 1. The molecule has 1 saturated carbocycles. The molecule has 3 nitrogen and oxygen atoms in total. The van der Waals surface area contributed by atoms with Crippen LogP contribution < -0.4 is 10.1 Å². The molecular formula is C16H17BrN2O. The normalized spacial score (nSPS) is 14.2. The molecule has 1 fully saturated rings. The van der Waals surface area contributed by atoms with Crippen LogP contribution in [0.4, 0.5) is 0 Å². The molecule has 2 aromatic rings. The Morgan fingerprint density at radius 3 is 2.60 bits per heavy atom. The Labute approximate surface area is 127 Å². The van der Waals surface area contributed by atoms with Crippen LogP contribution in [0.25, 0.3) is 0 Å². The predicted molar refractivity (Wildman–Crippen MR) is 82.6 cm³/mol. The molecule has 0 atom stereocenters. The number of ether oxygens (including phenoxy) is 1. The average molecular weight is 333 g/mol. The highest BCUT2D eigenvalue weighted by atomic mass is 79.9. The van der Waals surface area contributed by atoms with E-state index >= 15 is 0 Å². The number of rotatable bonds is 6. The first-order valence-electron chi connectivity index (χ1n) is 6.86. The Kier molecular flexibility index (Phi) is 4.33. The molecule has 1 heterocycles. The third-order valence-electron chi connectivity index (χ3n) is 3.21. The number of halogens is 1. The Balaban J connectivity index is 1.56. The van der Waals surface area contributed by atoms with Crippen molar-refractivity contribution in [2.45, 2.75) is 32.0 Å². The molecule has 3 rings (SSSR count). The molecule has 1 aromatic heterocycles. The summed E-state index contributed by atoms with van der Waals surface area (Å²) in [6.45, 7) is 1.34. The van der Waals surface area contributed by atoms with Crippen molar-refractivity contribution in [2.75, 3.05) is 0 Å². The van der Waals surface area contributed by atoms with E-state index in [-0.39, 0.29) is 0 Å². The van der Waals surface area contributed by atoms with Gasteiger partial charge in [0.15, 0.2) is 0 Å². The number of nitrogens with one attached hydrogen (secondary N) is 1. The zero-order valence-electron chi connectivity index (χ0n) is 11.2. The highest BCUT2D eigenvalue weighted by molar-refractivity contribution is 9.10. The van der Waals surface area contributed by atoms with E-state index in [1.54, 1.807) is 0 Å². The van der Waals surface area contributed by atoms with Gasteiger partial charge in [0, 0.05) is 17.1 Å². The van der Waals surface area contributed by atoms with Gasteiger partial charge >= 0.3 is 0 Å². The topological polar surface area (TPSA) is 34.1 Å². The minimum absolute atomic E-state index is 0.499. The summed E-state index contributed by atoms with van der Waals surface area (Å²) in [6.07, 6.45) is 2.60. The van der Waals surface area contributed by atoms with Gasteiger partial charge < -0.3 is 10.1 Å². The molecular weight excluding hydrogens is 316 g/mol. The van der Waals surface area contributed by atoms with E-state index in [0.29, 0.717) is 12.6 Å². The van der Waals surface area contributed by atoms with E-state index in [4.69, 9.17) is 4.74 Å². The molecule has 1 aromatic carbocycles. The van der Waals surface area contributed by atoms with Gasteiger partial charge in [0.25, 0.3) is 0 Å². The summed E-state index contributed by atoms with van der Waals surface area (Å²) in [5.74, 6) is 0.858. The Hall–Kier alpha value is -1.39. The van der Waals surface area contributed by atoms with E-state index in [1.807, 2.05) is 36.4 Å². The molecule has 20 heavy (non-hydrogen) atoms. The van der Waals surface area contributed by atoms with Crippen molar-refractivity contribution in [3.63, 3.8) is 0 Å². The van der Waals surface area contributed by atoms with Crippen LogP contribution in [-0.4, -0.2) is 11.0 Å². The van der Waals surface area contributed by atoms with Crippen molar-refractivity contribution in [3.8, 4) is 5.75 Å². The van der Waals surface area contributed by atoms with Crippen molar-refractivity contribution in [1.29, 1.82) is 0 Å². The van der Waals surface area contributed by atoms with E-state index in [9.17, 15) is 0 Å². The fourth-order valence-corrected chi connectivity index (χ4v) is 2.20. The number of pyridine rings is 1. The lowest BCUT2D eigenvalue weighted by Crippen LogP contribution is -2.16. The largest absolute Gasteiger partial charge is 0.487 e. The maximum Gasteiger partial charge on any atom is 0.130 e. The fourth-order valence-electron chi connectivity index (χ4n) is 1.93. The van der Waals surface area contributed by atoms with Gasteiger partial charge in [-0.2, -0.15) is 0 Å². The Morgan fingerprint density at radius 1 is 1.10 bits per heavy atom. The van der Waals surface area contributed by atoms with Gasteiger partial charge in [-0.1, -0.05) is 22.0 Å². The average Bonchev–Trinajstić information content (AvgIpc) is 3.29. The lowest BCUT2D eigenvalue weighted by molar-refractivity contribution is 0.301. The third kappa shape index (κ3) is 4.05. The van der Waals surface area contributed by atoms with Crippen molar-refractivity contribution < 1.29 is 4.74 Å². The molecule has 1 aliphatic carbocycles. The van der Waals surface area contributed by atoms with Crippen molar-refractivity contribution in [2.24, 2.45) is 0 Å². The van der Waals surface area contributed by atoms with Gasteiger partial charge in [-0.25, -0.2) is 0 Å². The van der Waals surface area contributed by atoms with Crippen LogP contribution in [0.2, 0.25) is 0 Å². The van der Waals surface area contributed by atoms with E-state index < -0.39 is 0 Å². The molecule has 0 aliphatic heterocycles. The van der Waals surface area contributed by atoms with Gasteiger partial charge in [-0.3, -0.25) is 4.98 Å². The minimum Gasteiger partial charge on any atom is -0.487 e. The SMILES string of the molecule is Brc1ccc(OCc2cccc(CNC3CC3)n2)cc1. The Bertz CT molecular complexity index is 567. The number of hydrogen-bond donors (Lipinski definition) is 1. The van der Waals surface area contributed by atoms with Crippen LogP contribution in [0.5, 0.6) is 5.75 Å². The van der Waals surface area contributed by atoms with Gasteiger partial charge in [-0.05, 0) is 49.2 Å². The molecule has 0 spiro atoms. The first kappa shape index (κ1) is 13.6. The lowest BCUT2D eigenvalue weighted by Gasteiger charge is -2.08. The van der Waals surface area contributed by atoms with Gasteiger partial charge in [0.05, 0.1) is 11.4 Å². The monoisotopic (exact) mass is 332 g/mol. The molecule has 0 bridgehead atoms. The Morgan fingerprint density at radius 2 is 1.85 bits per heavy atom. The lowest BCUT2D eigenvalue weighted by atomic mass is 10.3. The molecule has 1 aliphatic rings. The van der Waals surface area contributed by atoms with Crippen molar-refractivity contribution >= 4 is 15.9 Å². The third-order valence-corrected chi connectivity index (χ3v) is 3.74. The maximum atomic E-state index is 5.74. The summed E-state index contributed by atoms with van der Waals surface area (Å²) in [7, 11) is 0. The second-order valence-corrected chi connectivity index (χ2v) is 5.93. The summed E-state index contributed by atoms with van der Waals surface area (Å²) in [5.41, 5.74) is 2.04. The number of aromatic nitrogens is 1. The first-order chi connectivity index (χ1) is 9.79. The summed E-state index contributed by atoms with van der Waals surface area (Å²) in [6, 6.07) is 14.6. The second-order valence-electron chi connectivity index (χ2n) is 5.02. The number of benzene rings is 1. The zero-order valence-corrected chi connectivity index (χ0v) is 12.8. The molecule has 0 amide bonds. The summed E-state index contributed by atoms with van der Waals surface area (Å²) in [4.78, 5) is 4.61. The van der Waals surface area contributed by atoms with E-state index in [0.717, 1.165) is 28.2 Å². The summed E-state index contributed by atoms with van der Waals surface area (Å²) >= 11 is 3.41.